The van der Waals surface area contributed by atoms with Crippen molar-refractivity contribution in [3.8, 4) is 0 Å². The van der Waals surface area contributed by atoms with Gasteiger partial charge in [0.15, 0.2) is 5.13 Å². The first-order valence-corrected chi connectivity index (χ1v) is 11.6. The number of anilines is 1. The highest BCUT2D eigenvalue weighted by Crippen LogP contribution is 2.43. The van der Waals surface area contributed by atoms with Gasteiger partial charge in [-0.15, -0.1) is 4.91 Å². The summed E-state index contributed by atoms with van der Waals surface area (Å²) in [6.07, 6.45) is 4.25. The quantitative estimate of drug-likeness (QED) is 0.325. The van der Waals surface area contributed by atoms with E-state index in [-0.39, 0.29) is 20.9 Å². The number of thioether (sulfide) groups is 1. The van der Waals surface area contributed by atoms with Crippen molar-refractivity contribution in [2.24, 2.45) is 5.18 Å². The van der Waals surface area contributed by atoms with Crippen LogP contribution < -0.4 is 11.1 Å². The number of halogens is 1. The number of ether oxygens (including phenoxy) is 1. The Morgan fingerprint density at radius 1 is 1.42 bits per heavy atom. The number of rotatable bonds is 7. The molecule has 0 aromatic carbocycles. The first-order valence-electron chi connectivity index (χ1n) is 9.62. The maximum atomic E-state index is 13.0. The number of nitroso groups, excluding NO2 is 1. The molecule has 0 radical (unpaired) electrons. The van der Waals surface area contributed by atoms with Crippen molar-refractivity contribution < 1.29 is 19.1 Å². The van der Waals surface area contributed by atoms with E-state index in [0.29, 0.717) is 17.7 Å². The van der Waals surface area contributed by atoms with Crippen LogP contribution in [-0.2, 0) is 19.1 Å². The van der Waals surface area contributed by atoms with E-state index in [1.807, 2.05) is 0 Å². The van der Waals surface area contributed by atoms with Gasteiger partial charge in [0.25, 0.3) is 11.8 Å². The summed E-state index contributed by atoms with van der Waals surface area (Å²) >= 11 is 8.26. The molecule has 2 aliphatic rings. The average molecular weight is 509 g/mol. The number of fused-ring (bicyclic) bond motifs is 1. The van der Waals surface area contributed by atoms with Gasteiger partial charge in [-0.05, 0) is 30.2 Å². The summed E-state index contributed by atoms with van der Waals surface area (Å²) in [6, 6.07) is 0.639. The highest BCUT2D eigenvalue weighted by Gasteiger charge is 2.54. The van der Waals surface area contributed by atoms with Crippen molar-refractivity contribution in [3.63, 3.8) is 0 Å². The van der Waals surface area contributed by atoms with Crippen LogP contribution >= 0.6 is 34.7 Å². The molecule has 1 unspecified atom stereocenters. The van der Waals surface area contributed by atoms with Gasteiger partial charge in [-0.3, -0.25) is 19.5 Å². The van der Waals surface area contributed by atoms with Crippen LogP contribution in [0.2, 0.25) is 4.34 Å². The monoisotopic (exact) mass is 508 g/mol. The fourth-order valence-electron chi connectivity index (χ4n) is 3.72. The Kier molecular flexibility index (Phi) is 6.63. The van der Waals surface area contributed by atoms with Gasteiger partial charge < -0.3 is 15.8 Å². The second-order valence-electron chi connectivity index (χ2n) is 7.07. The number of methoxy groups -OCH3 is 1. The number of carbonyl (C=O) groups excluding carboxylic acids is 3. The van der Waals surface area contributed by atoms with Crippen molar-refractivity contribution in [2.45, 2.75) is 35.9 Å². The number of nitrogens with two attached hydrogens (primary N) is 1. The second-order valence-corrected chi connectivity index (χ2v) is 9.87. The molecule has 2 aliphatic heterocycles. The van der Waals surface area contributed by atoms with Crippen LogP contribution in [0.1, 0.15) is 24.6 Å². The van der Waals surface area contributed by atoms with Crippen LogP contribution in [0.5, 0.6) is 0 Å². The number of nitrogens with zero attached hydrogens (tertiary/aromatic N) is 4. The molecule has 33 heavy (non-hydrogen) atoms. The number of pyridine rings is 1. The smallest absolute Gasteiger partial charge is 0.355 e. The van der Waals surface area contributed by atoms with Crippen LogP contribution in [0.15, 0.2) is 45.2 Å². The molecule has 2 aromatic rings. The van der Waals surface area contributed by atoms with Crippen molar-refractivity contribution in [1.82, 2.24) is 20.2 Å². The molecule has 172 valence electrons. The lowest BCUT2D eigenvalue weighted by Crippen LogP contribution is -2.71. The molecule has 0 saturated carbocycles. The Morgan fingerprint density at radius 3 is 2.76 bits per heavy atom. The Balaban J connectivity index is 1.54. The predicted molar refractivity (Wildman–Crippen MR) is 121 cm³/mol. The van der Waals surface area contributed by atoms with Gasteiger partial charge in [0.2, 0.25) is 6.04 Å². The van der Waals surface area contributed by atoms with Crippen molar-refractivity contribution in [3.05, 3.63) is 50.1 Å². The number of esters is 1. The lowest BCUT2D eigenvalue weighted by atomic mass is 9.86. The third kappa shape index (κ3) is 4.30. The lowest BCUT2D eigenvalue weighted by Gasteiger charge is -2.50. The Hall–Kier alpha value is -3.03. The maximum absolute atomic E-state index is 13.0. The van der Waals surface area contributed by atoms with E-state index in [1.54, 1.807) is 24.5 Å². The molecule has 14 heteroatoms. The van der Waals surface area contributed by atoms with Crippen LogP contribution in [0.3, 0.4) is 0 Å². The van der Waals surface area contributed by atoms with Crippen molar-refractivity contribution in [2.75, 3.05) is 12.8 Å². The summed E-state index contributed by atoms with van der Waals surface area (Å²) in [6.45, 7) is 0. The summed E-state index contributed by atoms with van der Waals surface area (Å²) in [5.41, 5.74) is 5.66. The summed E-state index contributed by atoms with van der Waals surface area (Å²) in [5.74, 6) is -1.96. The van der Waals surface area contributed by atoms with Crippen LogP contribution in [-0.4, -0.2) is 51.8 Å². The van der Waals surface area contributed by atoms with E-state index < -0.39 is 35.9 Å². The molecule has 0 spiro atoms. The SMILES string of the molecule is COC(=O)C1=C(Sc2ccncc2)CC[C@@H]2[C@H](NC(=O)C(N=O)c3nc(N)sc3Cl)C(=O)N12. The fraction of sp³-hybridized carbons (Fsp3) is 0.316. The lowest BCUT2D eigenvalue weighted by molar-refractivity contribution is -0.156. The molecule has 3 N–H and O–H groups in total. The van der Waals surface area contributed by atoms with E-state index in [0.717, 1.165) is 16.2 Å². The van der Waals surface area contributed by atoms with Gasteiger partial charge >= 0.3 is 5.97 Å². The first-order chi connectivity index (χ1) is 15.8. The zero-order valence-electron chi connectivity index (χ0n) is 17.1. The average Bonchev–Trinajstić information content (AvgIpc) is 3.15. The molecule has 11 nitrogen and oxygen atoms in total. The molecule has 2 amide bonds. The predicted octanol–water partition coefficient (Wildman–Crippen LogP) is 2.25. The minimum Gasteiger partial charge on any atom is -0.464 e. The van der Waals surface area contributed by atoms with Gasteiger partial charge in [-0.2, -0.15) is 0 Å². The number of β-lactam (4-membered cyclic amide) rings is 1. The van der Waals surface area contributed by atoms with Crippen molar-refractivity contribution >= 4 is 57.6 Å². The third-order valence-corrected chi connectivity index (χ3v) is 7.46. The normalized spacial score (nSPS) is 20.5. The molecule has 0 aliphatic carbocycles. The zero-order chi connectivity index (χ0) is 23.7. The second kappa shape index (κ2) is 9.45. The molecule has 1 fully saturated rings. The third-order valence-electron chi connectivity index (χ3n) is 5.20. The number of aromatic nitrogens is 2. The Morgan fingerprint density at radius 2 is 2.15 bits per heavy atom. The van der Waals surface area contributed by atoms with Crippen LogP contribution in [0, 0.1) is 4.91 Å². The first kappa shape index (κ1) is 23.1. The van der Waals surface area contributed by atoms with E-state index in [4.69, 9.17) is 22.1 Å². The molecular formula is C19H17ClN6O5S2. The summed E-state index contributed by atoms with van der Waals surface area (Å²) in [7, 11) is 1.24. The number of hydrogen-bond donors (Lipinski definition) is 2. The Bertz CT molecular complexity index is 1160. The minimum atomic E-state index is -1.55. The fourth-order valence-corrected chi connectivity index (χ4v) is 5.73. The number of nitrogen functional groups attached to an aromatic ring is 1. The minimum absolute atomic E-state index is 0.0647. The molecule has 2 aromatic heterocycles. The molecule has 3 atom stereocenters. The molecule has 4 rings (SSSR count). The Labute approximate surface area is 200 Å². The van der Waals surface area contributed by atoms with E-state index >= 15 is 0 Å². The summed E-state index contributed by atoms with van der Waals surface area (Å²) in [5, 5.41) is 5.44. The van der Waals surface area contributed by atoms with Crippen molar-refractivity contribution in [1.29, 1.82) is 0 Å². The van der Waals surface area contributed by atoms with Gasteiger partial charge in [-0.1, -0.05) is 34.7 Å². The van der Waals surface area contributed by atoms with Gasteiger partial charge in [0.1, 0.15) is 21.8 Å². The number of allylic oxidation sites excluding steroid dienone is 1. The molecule has 1 saturated heterocycles. The number of carbonyl (C=O) groups is 3. The van der Waals surface area contributed by atoms with Gasteiger partial charge in [-0.25, -0.2) is 9.78 Å². The molecule has 4 heterocycles. The number of nitrogens with one attached hydrogen (secondary N) is 1. The van der Waals surface area contributed by atoms with Crippen LogP contribution in [0.25, 0.3) is 0 Å². The molecular weight excluding hydrogens is 492 g/mol. The topological polar surface area (TPSA) is 157 Å². The number of hydrogen-bond acceptors (Lipinski definition) is 11. The van der Waals surface area contributed by atoms with Gasteiger partial charge in [0.05, 0.1) is 13.2 Å². The highest BCUT2D eigenvalue weighted by molar-refractivity contribution is 8.03. The van der Waals surface area contributed by atoms with Gasteiger partial charge in [0, 0.05) is 22.2 Å². The van der Waals surface area contributed by atoms with Crippen LogP contribution in [0.4, 0.5) is 5.13 Å². The maximum Gasteiger partial charge on any atom is 0.355 e. The standard InChI is InChI=1S/C19H17ClN6O5S2/c1-31-18(29)14-10(32-8-4-6-22-7-5-8)3-2-9-11(17(28)26(9)14)23-16(27)13(25-30)12-15(20)33-19(21)24-12/h4-7,9,11,13H,2-3H2,1H3,(H2,21,24)(H,23,27)/t9-,11+,13?/m1/s1. The zero-order valence-corrected chi connectivity index (χ0v) is 19.4. The summed E-state index contributed by atoms with van der Waals surface area (Å²) in [4.78, 5) is 60.3. The molecule has 0 bridgehead atoms. The number of thiazole rings is 1. The highest BCUT2D eigenvalue weighted by atomic mass is 35.5. The van der Waals surface area contributed by atoms with E-state index in [2.05, 4.69) is 20.5 Å². The largest absolute Gasteiger partial charge is 0.464 e. The number of amides is 2. The van der Waals surface area contributed by atoms with E-state index in [1.165, 1.54) is 23.8 Å². The van der Waals surface area contributed by atoms with E-state index in [9.17, 15) is 19.3 Å². The summed E-state index contributed by atoms with van der Waals surface area (Å²) < 4.78 is 4.98.